The number of amides is 1. The highest BCUT2D eigenvalue weighted by Gasteiger charge is 2.18. The van der Waals surface area contributed by atoms with Gasteiger partial charge in [-0.2, -0.15) is 0 Å². The van der Waals surface area contributed by atoms with Crippen LogP contribution in [0.4, 0.5) is 0 Å². The fourth-order valence-electron chi connectivity index (χ4n) is 1.02. The Morgan fingerprint density at radius 3 is 2.76 bits per heavy atom. The molecule has 0 fully saturated rings. The number of methoxy groups -OCH3 is 1. The first kappa shape index (κ1) is 13.9. The smallest absolute Gasteiger partial charge is 0.270 e. The van der Waals surface area contributed by atoms with Crippen molar-refractivity contribution >= 4 is 31.9 Å². The van der Waals surface area contributed by atoms with Gasteiger partial charge in [-0.1, -0.05) is 0 Å². The van der Waals surface area contributed by atoms with Crippen molar-refractivity contribution in [3.63, 3.8) is 0 Å². The Morgan fingerprint density at radius 1 is 1.59 bits per heavy atom. The molecule has 0 aromatic carbocycles. The van der Waals surface area contributed by atoms with Crippen molar-refractivity contribution < 1.29 is 17.9 Å². The van der Waals surface area contributed by atoms with Gasteiger partial charge >= 0.3 is 0 Å². The standard InChI is InChI=1S/C9H11BrN2O4S/c1-3-17(14,15)12-8(13)7-4-6(10)5-11-9(7)16-2/h4-5H,3H2,1-2H3,(H,12,13). The number of rotatable bonds is 4. The first-order valence-electron chi connectivity index (χ1n) is 4.64. The number of carbonyl (C=O) groups is 1. The molecule has 0 bridgehead atoms. The van der Waals surface area contributed by atoms with E-state index in [2.05, 4.69) is 20.9 Å². The number of aromatic nitrogens is 1. The van der Waals surface area contributed by atoms with E-state index < -0.39 is 15.9 Å². The molecule has 0 radical (unpaired) electrons. The number of carbonyl (C=O) groups excluding carboxylic acids is 1. The van der Waals surface area contributed by atoms with Crippen LogP contribution in [0.3, 0.4) is 0 Å². The topological polar surface area (TPSA) is 85.4 Å². The molecule has 0 saturated carbocycles. The van der Waals surface area contributed by atoms with Crippen LogP contribution in [0.1, 0.15) is 17.3 Å². The third-order valence-electron chi connectivity index (χ3n) is 1.88. The Bertz CT molecular complexity index is 530. The van der Waals surface area contributed by atoms with E-state index in [1.807, 2.05) is 4.72 Å². The lowest BCUT2D eigenvalue weighted by Gasteiger charge is -2.08. The molecule has 0 unspecified atom stereocenters. The van der Waals surface area contributed by atoms with Crippen LogP contribution in [0.2, 0.25) is 0 Å². The molecule has 0 spiro atoms. The van der Waals surface area contributed by atoms with Gasteiger partial charge in [-0.3, -0.25) is 4.79 Å². The Kier molecular flexibility index (Phi) is 4.47. The van der Waals surface area contributed by atoms with E-state index in [4.69, 9.17) is 4.74 Å². The molecule has 1 N–H and O–H groups in total. The van der Waals surface area contributed by atoms with Gasteiger partial charge in [0.05, 0.1) is 12.9 Å². The minimum Gasteiger partial charge on any atom is -0.480 e. The third-order valence-corrected chi connectivity index (χ3v) is 3.57. The van der Waals surface area contributed by atoms with Gasteiger partial charge in [-0.05, 0) is 28.9 Å². The van der Waals surface area contributed by atoms with Crippen LogP contribution >= 0.6 is 15.9 Å². The van der Waals surface area contributed by atoms with Crippen molar-refractivity contribution in [1.29, 1.82) is 0 Å². The predicted molar refractivity (Wildman–Crippen MR) is 65.4 cm³/mol. The summed E-state index contributed by atoms with van der Waals surface area (Å²) in [6.45, 7) is 1.44. The zero-order valence-electron chi connectivity index (χ0n) is 9.23. The van der Waals surface area contributed by atoms with E-state index in [0.717, 1.165) is 0 Å². The summed E-state index contributed by atoms with van der Waals surface area (Å²) in [6.07, 6.45) is 1.45. The van der Waals surface area contributed by atoms with Crippen LogP contribution in [-0.2, 0) is 10.0 Å². The van der Waals surface area contributed by atoms with E-state index >= 15 is 0 Å². The first-order valence-corrected chi connectivity index (χ1v) is 7.08. The lowest BCUT2D eigenvalue weighted by Crippen LogP contribution is -2.32. The van der Waals surface area contributed by atoms with Crippen molar-refractivity contribution in [2.45, 2.75) is 6.92 Å². The molecule has 17 heavy (non-hydrogen) atoms. The normalized spacial score (nSPS) is 11.0. The maximum absolute atomic E-state index is 11.7. The van der Waals surface area contributed by atoms with Gasteiger partial charge in [0.25, 0.3) is 5.91 Å². The molecule has 0 atom stereocenters. The molecule has 1 aromatic rings. The summed E-state index contributed by atoms with van der Waals surface area (Å²) in [7, 11) is -2.25. The summed E-state index contributed by atoms with van der Waals surface area (Å²) in [5.74, 6) is -0.878. The maximum Gasteiger partial charge on any atom is 0.270 e. The number of hydrogen-bond donors (Lipinski definition) is 1. The highest BCUT2D eigenvalue weighted by atomic mass is 79.9. The van der Waals surface area contributed by atoms with Gasteiger partial charge < -0.3 is 4.74 Å². The van der Waals surface area contributed by atoms with Gasteiger partial charge in [-0.15, -0.1) is 0 Å². The molecular weight excluding hydrogens is 312 g/mol. The molecule has 1 rings (SSSR count). The van der Waals surface area contributed by atoms with E-state index in [0.29, 0.717) is 4.47 Å². The Balaban J connectivity index is 3.08. The number of halogens is 1. The van der Waals surface area contributed by atoms with Gasteiger partial charge in [0.2, 0.25) is 15.9 Å². The Labute approximate surface area is 108 Å². The SMILES string of the molecule is CCS(=O)(=O)NC(=O)c1cc(Br)cnc1OC. The summed E-state index contributed by atoms with van der Waals surface area (Å²) < 4.78 is 29.9. The molecule has 1 amide bonds. The highest BCUT2D eigenvalue weighted by Crippen LogP contribution is 2.19. The zero-order chi connectivity index (χ0) is 13.1. The number of sulfonamides is 1. The largest absolute Gasteiger partial charge is 0.480 e. The van der Waals surface area contributed by atoms with Crippen LogP contribution in [0.15, 0.2) is 16.7 Å². The van der Waals surface area contributed by atoms with Gasteiger partial charge in [0, 0.05) is 10.7 Å². The quantitative estimate of drug-likeness (QED) is 0.891. The van der Waals surface area contributed by atoms with Crippen molar-refractivity contribution in [1.82, 2.24) is 9.71 Å². The lowest BCUT2D eigenvalue weighted by molar-refractivity contribution is 0.0977. The predicted octanol–water partition coefficient (Wildman–Crippen LogP) is 0.932. The average molecular weight is 323 g/mol. The minimum absolute atomic E-state index is 0.0545. The van der Waals surface area contributed by atoms with Crippen LogP contribution in [0.25, 0.3) is 0 Å². The van der Waals surface area contributed by atoms with Crippen molar-refractivity contribution in [2.75, 3.05) is 12.9 Å². The average Bonchev–Trinajstić information content (AvgIpc) is 2.28. The molecule has 8 heteroatoms. The van der Waals surface area contributed by atoms with Gasteiger partial charge in [0.1, 0.15) is 5.56 Å². The second-order valence-electron chi connectivity index (χ2n) is 3.04. The van der Waals surface area contributed by atoms with Crippen LogP contribution in [-0.4, -0.2) is 32.2 Å². The molecule has 6 nitrogen and oxygen atoms in total. The fourth-order valence-corrected chi connectivity index (χ4v) is 1.89. The van der Waals surface area contributed by atoms with E-state index in [1.54, 1.807) is 0 Å². The van der Waals surface area contributed by atoms with E-state index in [1.165, 1.54) is 26.3 Å². The van der Waals surface area contributed by atoms with Crippen LogP contribution in [0.5, 0.6) is 5.88 Å². The number of pyridine rings is 1. The molecule has 0 aliphatic heterocycles. The van der Waals surface area contributed by atoms with Crippen molar-refractivity contribution in [3.8, 4) is 5.88 Å². The third kappa shape index (κ3) is 3.67. The number of nitrogens with zero attached hydrogens (tertiary/aromatic N) is 1. The van der Waals surface area contributed by atoms with Gasteiger partial charge in [0.15, 0.2) is 0 Å². The molecule has 0 aliphatic carbocycles. The lowest BCUT2D eigenvalue weighted by atomic mass is 10.2. The van der Waals surface area contributed by atoms with Crippen LogP contribution in [0, 0.1) is 0 Å². The molecule has 1 heterocycles. The fraction of sp³-hybridized carbons (Fsp3) is 0.333. The first-order chi connectivity index (χ1) is 7.89. The minimum atomic E-state index is -3.60. The zero-order valence-corrected chi connectivity index (χ0v) is 11.6. The summed E-state index contributed by atoms with van der Waals surface area (Å²) in [5, 5.41) is 0. The molecular formula is C9H11BrN2O4S. The number of nitrogens with one attached hydrogen (secondary N) is 1. The summed E-state index contributed by atoms with van der Waals surface area (Å²) >= 11 is 3.14. The summed E-state index contributed by atoms with van der Waals surface area (Å²) in [4.78, 5) is 15.6. The van der Waals surface area contributed by atoms with E-state index in [-0.39, 0.29) is 17.2 Å². The molecule has 94 valence electrons. The molecule has 0 aliphatic rings. The number of hydrogen-bond acceptors (Lipinski definition) is 5. The monoisotopic (exact) mass is 322 g/mol. The van der Waals surface area contributed by atoms with Gasteiger partial charge in [-0.25, -0.2) is 18.1 Å². The molecule has 1 aromatic heterocycles. The summed E-state index contributed by atoms with van der Waals surface area (Å²) in [6, 6.07) is 1.44. The number of ether oxygens (including phenoxy) is 1. The Morgan fingerprint density at radius 2 is 2.24 bits per heavy atom. The highest BCUT2D eigenvalue weighted by molar-refractivity contribution is 9.10. The summed E-state index contributed by atoms with van der Waals surface area (Å²) in [5.41, 5.74) is 0.0545. The Hall–Kier alpha value is -1.15. The second kappa shape index (κ2) is 5.46. The van der Waals surface area contributed by atoms with Crippen molar-refractivity contribution in [3.05, 3.63) is 22.3 Å². The van der Waals surface area contributed by atoms with Crippen molar-refractivity contribution in [2.24, 2.45) is 0 Å². The van der Waals surface area contributed by atoms with Crippen LogP contribution < -0.4 is 9.46 Å². The second-order valence-corrected chi connectivity index (χ2v) is 5.97. The van der Waals surface area contributed by atoms with E-state index in [9.17, 15) is 13.2 Å². The molecule has 0 saturated heterocycles. The maximum atomic E-state index is 11.7.